The van der Waals surface area contributed by atoms with Crippen LogP contribution in [-0.4, -0.2) is 28.6 Å². The van der Waals surface area contributed by atoms with E-state index in [1.165, 1.54) is 5.69 Å². The Morgan fingerprint density at radius 1 is 1.30 bits per heavy atom. The van der Waals surface area contributed by atoms with Gasteiger partial charge in [-0.2, -0.15) is 0 Å². The van der Waals surface area contributed by atoms with E-state index < -0.39 is 0 Å². The highest BCUT2D eigenvalue weighted by Crippen LogP contribution is 2.24. The lowest BCUT2D eigenvalue weighted by Gasteiger charge is -2.03. The number of nitrogens with two attached hydrogens (primary N) is 1. The predicted octanol–water partition coefficient (Wildman–Crippen LogP) is 2.32. The van der Waals surface area contributed by atoms with Crippen LogP contribution in [0.3, 0.4) is 0 Å². The number of aromatic amines is 1. The maximum absolute atomic E-state index is 5.56. The van der Waals surface area contributed by atoms with Gasteiger partial charge in [-0.05, 0) is 31.9 Å². The van der Waals surface area contributed by atoms with Crippen molar-refractivity contribution in [2.45, 2.75) is 32.6 Å². The number of nitrogens with zero attached hydrogens (tertiary/aromatic N) is 2. The molecule has 0 radical (unpaired) electrons. The van der Waals surface area contributed by atoms with E-state index in [-0.39, 0.29) is 0 Å². The molecule has 20 heavy (non-hydrogen) atoms. The first kappa shape index (κ1) is 14.5. The largest absolute Gasteiger partial charge is 0.481 e. The van der Waals surface area contributed by atoms with E-state index in [1.54, 1.807) is 13.3 Å². The highest BCUT2D eigenvalue weighted by Gasteiger charge is 2.11. The zero-order valence-electron chi connectivity index (χ0n) is 12.1. The Bertz CT molecular complexity index is 533. The summed E-state index contributed by atoms with van der Waals surface area (Å²) in [6.45, 7) is 2.83. The lowest BCUT2D eigenvalue weighted by molar-refractivity contribution is 0.398. The summed E-state index contributed by atoms with van der Waals surface area (Å²) in [4.78, 5) is 12.3. The fraction of sp³-hybridized carbons (Fsp3) is 0.467. The maximum Gasteiger partial charge on any atom is 0.212 e. The average Bonchev–Trinajstić information content (AvgIpc) is 2.91. The second-order valence-corrected chi connectivity index (χ2v) is 4.70. The van der Waals surface area contributed by atoms with Gasteiger partial charge in [0.05, 0.1) is 12.8 Å². The Morgan fingerprint density at radius 3 is 2.75 bits per heavy atom. The zero-order chi connectivity index (χ0) is 14.4. The van der Waals surface area contributed by atoms with Crippen molar-refractivity contribution < 1.29 is 4.74 Å². The Labute approximate surface area is 119 Å². The van der Waals surface area contributed by atoms with E-state index in [0.29, 0.717) is 5.88 Å². The lowest BCUT2D eigenvalue weighted by Crippen LogP contribution is -1.99. The number of hydrogen-bond acceptors (Lipinski definition) is 4. The minimum Gasteiger partial charge on any atom is -0.481 e. The molecule has 0 aliphatic heterocycles. The van der Waals surface area contributed by atoms with Crippen LogP contribution in [-0.2, 0) is 12.8 Å². The molecule has 2 heterocycles. The number of pyridine rings is 1. The van der Waals surface area contributed by atoms with Crippen molar-refractivity contribution in [3.63, 3.8) is 0 Å². The van der Waals surface area contributed by atoms with Crippen molar-refractivity contribution in [3.8, 4) is 17.1 Å². The number of rotatable bonds is 7. The molecule has 2 aromatic rings. The molecule has 0 fully saturated rings. The molecule has 0 saturated carbocycles. The number of aromatic nitrogens is 3. The van der Waals surface area contributed by atoms with Crippen LogP contribution < -0.4 is 10.5 Å². The van der Waals surface area contributed by atoms with Crippen molar-refractivity contribution in [2.24, 2.45) is 5.73 Å². The number of methoxy groups -OCH3 is 1. The molecule has 3 N–H and O–H groups in total. The number of imidazole rings is 1. The first-order valence-corrected chi connectivity index (χ1v) is 7.06. The Kier molecular flexibility index (Phi) is 5.12. The molecular formula is C15H22N4O. The number of unbranched alkanes of at least 4 members (excludes halogenated alkanes) is 1. The van der Waals surface area contributed by atoms with E-state index in [1.807, 2.05) is 12.1 Å². The van der Waals surface area contributed by atoms with Gasteiger partial charge in [-0.1, -0.05) is 6.92 Å². The minimum absolute atomic E-state index is 0.615. The van der Waals surface area contributed by atoms with Gasteiger partial charge in [-0.15, -0.1) is 0 Å². The van der Waals surface area contributed by atoms with Crippen molar-refractivity contribution in [3.05, 3.63) is 29.8 Å². The molecule has 0 aliphatic rings. The second-order valence-electron chi connectivity index (χ2n) is 4.70. The Morgan fingerprint density at radius 2 is 2.15 bits per heavy atom. The van der Waals surface area contributed by atoms with Gasteiger partial charge in [-0.25, -0.2) is 9.97 Å². The number of ether oxygens (including phenoxy) is 1. The number of H-pyrrole nitrogens is 1. The summed E-state index contributed by atoms with van der Waals surface area (Å²) >= 11 is 0. The molecule has 5 nitrogen and oxygen atoms in total. The van der Waals surface area contributed by atoms with Gasteiger partial charge >= 0.3 is 0 Å². The Balaban J connectivity index is 2.25. The summed E-state index contributed by atoms with van der Waals surface area (Å²) in [6.07, 6.45) is 5.76. The molecule has 0 unspecified atom stereocenters. The minimum atomic E-state index is 0.615. The van der Waals surface area contributed by atoms with Crippen molar-refractivity contribution >= 4 is 0 Å². The third-order valence-corrected chi connectivity index (χ3v) is 3.26. The van der Waals surface area contributed by atoms with Gasteiger partial charge < -0.3 is 15.5 Å². The molecule has 0 bridgehead atoms. The van der Waals surface area contributed by atoms with E-state index in [4.69, 9.17) is 10.5 Å². The van der Waals surface area contributed by atoms with Gasteiger partial charge in [-0.3, -0.25) is 0 Å². The smallest absolute Gasteiger partial charge is 0.212 e. The molecule has 0 amide bonds. The third kappa shape index (κ3) is 3.36. The Hall–Kier alpha value is -1.88. The molecule has 0 atom stereocenters. The fourth-order valence-corrected chi connectivity index (χ4v) is 2.14. The second kappa shape index (κ2) is 7.05. The van der Waals surface area contributed by atoms with Crippen LogP contribution in [0.25, 0.3) is 11.3 Å². The van der Waals surface area contributed by atoms with Crippen LogP contribution >= 0.6 is 0 Å². The van der Waals surface area contributed by atoms with E-state index in [2.05, 4.69) is 21.9 Å². The standard InChI is InChI=1S/C15H22N4O/c1-3-13-18-12(6-4-5-9-16)15(19-13)11-7-8-14(20-2)17-10-11/h7-8,10H,3-6,9,16H2,1-2H3,(H,18,19). The summed E-state index contributed by atoms with van der Waals surface area (Å²) in [6, 6.07) is 3.85. The molecule has 108 valence electrons. The van der Waals surface area contributed by atoms with Gasteiger partial charge in [0.15, 0.2) is 0 Å². The van der Waals surface area contributed by atoms with Crippen LogP contribution in [0.15, 0.2) is 18.3 Å². The summed E-state index contributed by atoms with van der Waals surface area (Å²) in [5.41, 5.74) is 8.74. The summed E-state index contributed by atoms with van der Waals surface area (Å²) in [5.74, 6) is 1.63. The molecule has 0 saturated heterocycles. The summed E-state index contributed by atoms with van der Waals surface area (Å²) in [7, 11) is 1.62. The number of aryl methyl sites for hydroxylation is 2. The van der Waals surface area contributed by atoms with E-state index >= 15 is 0 Å². The fourth-order valence-electron chi connectivity index (χ4n) is 2.14. The lowest BCUT2D eigenvalue weighted by atomic mass is 10.1. The van der Waals surface area contributed by atoms with Crippen LogP contribution in [0, 0.1) is 0 Å². The quantitative estimate of drug-likeness (QED) is 0.760. The molecule has 0 aromatic carbocycles. The van der Waals surface area contributed by atoms with Crippen LogP contribution in [0.5, 0.6) is 5.88 Å². The van der Waals surface area contributed by atoms with Gasteiger partial charge in [0.1, 0.15) is 5.82 Å². The highest BCUT2D eigenvalue weighted by atomic mass is 16.5. The highest BCUT2D eigenvalue weighted by molar-refractivity contribution is 5.61. The molecule has 0 spiro atoms. The SMILES string of the molecule is CCc1nc(-c2ccc(OC)nc2)c(CCCCN)[nH]1. The monoisotopic (exact) mass is 274 g/mol. The van der Waals surface area contributed by atoms with Crippen molar-refractivity contribution in [2.75, 3.05) is 13.7 Å². The first-order valence-electron chi connectivity index (χ1n) is 7.06. The normalized spacial score (nSPS) is 10.8. The van der Waals surface area contributed by atoms with Gasteiger partial charge in [0.2, 0.25) is 5.88 Å². The maximum atomic E-state index is 5.56. The molecule has 2 aromatic heterocycles. The average molecular weight is 274 g/mol. The van der Waals surface area contributed by atoms with Gasteiger partial charge in [0.25, 0.3) is 0 Å². The van der Waals surface area contributed by atoms with E-state index in [0.717, 1.165) is 49.3 Å². The molecule has 2 rings (SSSR count). The number of nitrogens with one attached hydrogen (secondary N) is 1. The van der Waals surface area contributed by atoms with E-state index in [9.17, 15) is 0 Å². The van der Waals surface area contributed by atoms with Gasteiger partial charge in [0, 0.05) is 29.9 Å². The molecular weight excluding hydrogens is 252 g/mol. The summed E-state index contributed by atoms with van der Waals surface area (Å²) in [5, 5.41) is 0. The topological polar surface area (TPSA) is 76.8 Å². The zero-order valence-corrected chi connectivity index (χ0v) is 12.1. The summed E-state index contributed by atoms with van der Waals surface area (Å²) < 4.78 is 5.09. The molecule has 0 aliphatic carbocycles. The van der Waals surface area contributed by atoms with Crippen LogP contribution in [0.2, 0.25) is 0 Å². The van der Waals surface area contributed by atoms with Crippen molar-refractivity contribution in [1.82, 2.24) is 15.0 Å². The first-order chi connectivity index (χ1) is 9.78. The predicted molar refractivity (Wildman–Crippen MR) is 79.7 cm³/mol. The third-order valence-electron chi connectivity index (χ3n) is 3.26. The van der Waals surface area contributed by atoms with Crippen molar-refractivity contribution in [1.29, 1.82) is 0 Å². The van der Waals surface area contributed by atoms with Crippen LogP contribution in [0.1, 0.15) is 31.3 Å². The molecule has 5 heteroatoms. The number of hydrogen-bond donors (Lipinski definition) is 2. The van der Waals surface area contributed by atoms with Crippen LogP contribution in [0.4, 0.5) is 0 Å².